The third kappa shape index (κ3) is 2.67. The number of hydrogen-bond donors (Lipinski definition) is 2. The quantitative estimate of drug-likeness (QED) is 0.766. The Morgan fingerprint density at radius 3 is 2.68 bits per heavy atom. The van der Waals surface area contributed by atoms with Crippen molar-refractivity contribution >= 4 is 33.0 Å². The Morgan fingerprint density at radius 2 is 2.05 bits per heavy atom. The summed E-state index contributed by atoms with van der Waals surface area (Å²) in [6.45, 7) is 3.65. The molecule has 0 atom stereocenters. The number of aromatic amines is 1. The van der Waals surface area contributed by atoms with Crippen LogP contribution < -0.4 is 4.72 Å². The zero-order valence-electron chi connectivity index (χ0n) is 12.2. The molecule has 2 heterocycles. The molecule has 1 aromatic carbocycles. The average molecular weight is 340 g/mol. The molecule has 3 rings (SSSR count). The summed E-state index contributed by atoms with van der Waals surface area (Å²) >= 11 is 6.14. The van der Waals surface area contributed by atoms with E-state index in [1.807, 2.05) is 26.0 Å². The molecule has 0 radical (unpaired) electrons. The van der Waals surface area contributed by atoms with E-state index in [0.717, 1.165) is 17.5 Å². The zero-order chi connectivity index (χ0) is 16.1. The Kier molecular flexibility index (Phi) is 3.37. The molecule has 0 saturated carbocycles. The molecule has 3 aromatic rings. The number of fused-ring (bicyclic) bond motifs is 1. The molecule has 0 unspecified atom stereocenters. The second-order valence-electron chi connectivity index (χ2n) is 5.13. The van der Waals surface area contributed by atoms with Crippen molar-refractivity contribution < 1.29 is 8.42 Å². The minimum absolute atomic E-state index is 0.463. The minimum atomic E-state index is -3.35. The summed E-state index contributed by atoms with van der Waals surface area (Å²) in [6.07, 6.45) is 1.11. The van der Waals surface area contributed by atoms with Crippen LogP contribution in [0.5, 0.6) is 0 Å². The van der Waals surface area contributed by atoms with Gasteiger partial charge in [0.1, 0.15) is 5.02 Å². The summed E-state index contributed by atoms with van der Waals surface area (Å²) in [5, 5.41) is 7.82. The minimum Gasteiger partial charge on any atom is -0.283 e. The number of benzene rings is 1. The summed E-state index contributed by atoms with van der Waals surface area (Å²) in [5.74, 6) is 0.463. The fourth-order valence-corrected chi connectivity index (χ4v) is 2.88. The van der Waals surface area contributed by atoms with Gasteiger partial charge in [0.2, 0.25) is 10.0 Å². The first-order chi connectivity index (χ1) is 10.2. The number of aromatic nitrogens is 4. The molecule has 22 heavy (non-hydrogen) atoms. The molecule has 116 valence electrons. The molecule has 0 amide bonds. The number of hydrogen-bond acceptors (Lipinski definition) is 4. The average Bonchev–Trinajstić information content (AvgIpc) is 2.92. The number of rotatable bonds is 3. The van der Waals surface area contributed by atoms with E-state index < -0.39 is 10.0 Å². The number of halogens is 1. The first-order valence-electron chi connectivity index (χ1n) is 6.44. The second kappa shape index (κ2) is 4.99. The van der Waals surface area contributed by atoms with Gasteiger partial charge < -0.3 is 0 Å². The maximum absolute atomic E-state index is 11.4. The van der Waals surface area contributed by atoms with Crippen LogP contribution in [0.2, 0.25) is 5.02 Å². The van der Waals surface area contributed by atoms with Gasteiger partial charge in [-0.3, -0.25) is 9.82 Å². The predicted octanol–water partition coefficient (Wildman–Crippen LogP) is 2.37. The second-order valence-corrected chi connectivity index (χ2v) is 7.25. The van der Waals surface area contributed by atoms with E-state index in [2.05, 4.69) is 19.9 Å². The van der Waals surface area contributed by atoms with Crippen molar-refractivity contribution in [2.45, 2.75) is 13.8 Å². The molecule has 2 N–H and O–H groups in total. The third-order valence-corrected chi connectivity index (χ3v) is 4.24. The van der Waals surface area contributed by atoms with Crippen LogP contribution in [-0.2, 0) is 10.0 Å². The number of H-pyrrole nitrogens is 1. The molecule has 7 nitrogen and oxygen atoms in total. The normalized spacial score (nSPS) is 12.0. The van der Waals surface area contributed by atoms with E-state index in [1.165, 1.54) is 4.63 Å². The van der Waals surface area contributed by atoms with Gasteiger partial charge in [-0.05, 0) is 25.5 Å². The molecule has 0 aliphatic heterocycles. The number of nitrogens with zero attached hydrogens (tertiary/aromatic N) is 3. The smallest absolute Gasteiger partial charge is 0.229 e. The van der Waals surface area contributed by atoms with E-state index in [9.17, 15) is 8.42 Å². The van der Waals surface area contributed by atoms with Crippen molar-refractivity contribution in [3.05, 3.63) is 34.5 Å². The molecule has 9 heteroatoms. The highest BCUT2D eigenvalue weighted by Crippen LogP contribution is 2.26. The van der Waals surface area contributed by atoms with Crippen LogP contribution in [0.4, 0.5) is 5.69 Å². The van der Waals surface area contributed by atoms with Crippen LogP contribution in [0.15, 0.2) is 18.2 Å². The lowest BCUT2D eigenvalue weighted by Crippen LogP contribution is -2.10. The standard InChI is InChI=1S/C13H14ClN5O2S/c1-7-4-5-9(6-10(7)18-22(3,20)21)12-15-13-11(14)8(2)16-19(13)17-12/h4-6,16,18H,1-3H3. The maximum Gasteiger partial charge on any atom is 0.229 e. The first kappa shape index (κ1) is 14.9. The summed E-state index contributed by atoms with van der Waals surface area (Å²) in [7, 11) is -3.35. The molecule has 0 saturated heterocycles. The van der Waals surface area contributed by atoms with Gasteiger partial charge in [0.25, 0.3) is 0 Å². The predicted molar refractivity (Wildman–Crippen MR) is 85.7 cm³/mol. The van der Waals surface area contributed by atoms with Crippen LogP contribution in [0.25, 0.3) is 17.0 Å². The van der Waals surface area contributed by atoms with Crippen molar-refractivity contribution in [1.82, 2.24) is 19.8 Å². The van der Waals surface area contributed by atoms with Crippen LogP contribution in [0.1, 0.15) is 11.3 Å². The monoisotopic (exact) mass is 339 g/mol. The third-order valence-electron chi connectivity index (χ3n) is 3.20. The van der Waals surface area contributed by atoms with Crippen LogP contribution >= 0.6 is 11.6 Å². The summed E-state index contributed by atoms with van der Waals surface area (Å²) in [6, 6.07) is 5.34. The fraction of sp³-hybridized carbons (Fsp3) is 0.231. The zero-order valence-corrected chi connectivity index (χ0v) is 13.7. The molecule has 2 aromatic heterocycles. The van der Waals surface area contributed by atoms with E-state index in [1.54, 1.807) is 6.07 Å². The van der Waals surface area contributed by atoms with E-state index in [-0.39, 0.29) is 0 Å². The Bertz CT molecular complexity index is 974. The largest absolute Gasteiger partial charge is 0.283 e. The van der Waals surface area contributed by atoms with Gasteiger partial charge in [-0.2, -0.15) is 4.63 Å². The van der Waals surface area contributed by atoms with Crippen molar-refractivity contribution in [3.63, 3.8) is 0 Å². The highest BCUT2D eigenvalue weighted by atomic mass is 35.5. The van der Waals surface area contributed by atoms with Crippen LogP contribution in [-0.4, -0.2) is 34.5 Å². The molecule has 0 spiro atoms. The number of anilines is 1. The van der Waals surface area contributed by atoms with Crippen LogP contribution in [0.3, 0.4) is 0 Å². The molecule has 0 aliphatic rings. The van der Waals surface area contributed by atoms with E-state index in [4.69, 9.17) is 11.6 Å². The van der Waals surface area contributed by atoms with Crippen LogP contribution in [0, 0.1) is 13.8 Å². The Morgan fingerprint density at radius 1 is 1.32 bits per heavy atom. The van der Waals surface area contributed by atoms with Gasteiger partial charge >= 0.3 is 0 Å². The number of nitrogens with one attached hydrogen (secondary N) is 2. The fourth-order valence-electron chi connectivity index (χ4n) is 2.10. The number of sulfonamides is 1. The van der Waals surface area contributed by atoms with Gasteiger partial charge in [-0.1, -0.05) is 23.7 Å². The lowest BCUT2D eigenvalue weighted by molar-refractivity contribution is 0.607. The van der Waals surface area contributed by atoms with Gasteiger partial charge in [-0.25, -0.2) is 13.4 Å². The molecule has 0 fully saturated rings. The van der Waals surface area contributed by atoms with Crippen molar-refractivity contribution in [2.24, 2.45) is 0 Å². The van der Waals surface area contributed by atoms with E-state index >= 15 is 0 Å². The van der Waals surface area contributed by atoms with Gasteiger partial charge in [0.15, 0.2) is 11.5 Å². The summed E-state index contributed by atoms with van der Waals surface area (Å²) < 4.78 is 26.8. The Balaban J connectivity index is 2.08. The van der Waals surface area contributed by atoms with Crippen molar-refractivity contribution in [1.29, 1.82) is 0 Å². The SMILES string of the molecule is Cc1ccc(-c2nc3c(Cl)c(C)[nH]n3n2)cc1NS(C)(=O)=O. The van der Waals surface area contributed by atoms with Crippen molar-refractivity contribution in [2.75, 3.05) is 11.0 Å². The maximum atomic E-state index is 11.4. The molecule has 0 bridgehead atoms. The van der Waals surface area contributed by atoms with Gasteiger partial charge in [0, 0.05) is 5.56 Å². The summed E-state index contributed by atoms with van der Waals surface area (Å²) in [4.78, 5) is 4.38. The van der Waals surface area contributed by atoms with Crippen molar-refractivity contribution in [3.8, 4) is 11.4 Å². The van der Waals surface area contributed by atoms with E-state index in [0.29, 0.717) is 27.7 Å². The van der Waals surface area contributed by atoms with Gasteiger partial charge in [0.05, 0.1) is 17.6 Å². The topological polar surface area (TPSA) is 92.2 Å². The highest BCUT2D eigenvalue weighted by molar-refractivity contribution is 7.92. The lowest BCUT2D eigenvalue weighted by Gasteiger charge is -2.08. The molecular weight excluding hydrogens is 326 g/mol. The first-order valence-corrected chi connectivity index (χ1v) is 8.71. The summed E-state index contributed by atoms with van der Waals surface area (Å²) in [5.41, 5.74) is 3.33. The Hall–Kier alpha value is -2.06. The highest BCUT2D eigenvalue weighted by Gasteiger charge is 2.14. The van der Waals surface area contributed by atoms with Gasteiger partial charge in [-0.15, -0.1) is 5.10 Å². The lowest BCUT2D eigenvalue weighted by atomic mass is 10.1. The Labute approximate surface area is 132 Å². The number of aryl methyl sites for hydroxylation is 2. The molecule has 0 aliphatic carbocycles. The molecular formula is C13H14ClN5O2S.